The lowest BCUT2D eigenvalue weighted by Gasteiger charge is -2.32. The van der Waals surface area contributed by atoms with Gasteiger partial charge < -0.3 is 15.0 Å². The van der Waals surface area contributed by atoms with E-state index in [0.717, 1.165) is 10.5 Å². The van der Waals surface area contributed by atoms with Gasteiger partial charge in [0.25, 0.3) is 5.91 Å². The van der Waals surface area contributed by atoms with Crippen LogP contribution < -0.4 is 10.2 Å². The molecule has 0 radical (unpaired) electrons. The van der Waals surface area contributed by atoms with Crippen LogP contribution in [0.5, 0.6) is 0 Å². The summed E-state index contributed by atoms with van der Waals surface area (Å²) in [6.07, 6.45) is 0. The first-order chi connectivity index (χ1) is 13.4. The third kappa shape index (κ3) is 4.31. The van der Waals surface area contributed by atoms with Crippen molar-refractivity contribution in [2.45, 2.75) is 6.04 Å². The van der Waals surface area contributed by atoms with Gasteiger partial charge in [-0.3, -0.25) is 4.79 Å². The van der Waals surface area contributed by atoms with Gasteiger partial charge in [-0.25, -0.2) is 22.0 Å². The molecule has 28 heavy (non-hydrogen) atoms. The molecule has 3 rings (SSSR count). The van der Waals surface area contributed by atoms with Crippen molar-refractivity contribution in [3.8, 4) is 0 Å². The maximum absolute atomic E-state index is 13.8. The molecule has 0 saturated carbocycles. The Bertz CT molecular complexity index is 854. The van der Waals surface area contributed by atoms with Crippen molar-refractivity contribution in [3.63, 3.8) is 0 Å². The normalized spacial score (nSPS) is 16.0. The summed E-state index contributed by atoms with van der Waals surface area (Å²) in [5.41, 5.74) is -0.193. The van der Waals surface area contributed by atoms with Crippen molar-refractivity contribution in [2.24, 2.45) is 0 Å². The van der Waals surface area contributed by atoms with Crippen LogP contribution in [0.2, 0.25) is 0 Å². The van der Waals surface area contributed by atoms with Gasteiger partial charge in [-0.2, -0.15) is 0 Å². The van der Waals surface area contributed by atoms with Crippen LogP contribution in [-0.2, 0) is 4.74 Å². The molecule has 1 heterocycles. The number of halogens is 5. The van der Waals surface area contributed by atoms with Crippen LogP contribution in [0.25, 0.3) is 0 Å². The fourth-order valence-electron chi connectivity index (χ4n) is 3.20. The van der Waals surface area contributed by atoms with Crippen LogP contribution in [0.15, 0.2) is 30.3 Å². The van der Waals surface area contributed by atoms with E-state index in [1.54, 1.807) is 12.1 Å². The monoisotopic (exact) mass is 401 g/mol. The lowest BCUT2D eigenvalue weighted by atomic mass is 10.0. The van der Waals surface area contributed by atoms with Crippen molar-refractivity contribution in [1.29, 1.82) is 0 Å². The molecule has 9 heteroatoms. The Hall–Kier alpha value is -2.52. The second-order valence-electron chi connectivity index (χ2n) is 6.43. The lowest BCUT2D eigenvalue weighted by Crippen LogP contribution is -3.15. The fourth-order valence-corrected chi connectivity index (χ4v) is 3.20. The van der Waals surface area contributed by atoms with Crippen LogP contribution in [0.4, 0.5) is 22.0 Å². The Labute approximate surface area is 157 Å². The molecule has 0 aromatic heterocycles. The molecule has 0 aliphatic carbocycles. The van der Waals surface area contributed by atoms with E-state index in [9.17, 15) is 26.7 Å². The smallest absolute Gasteiger partial charge is 0.254 e. The minimum atomic E-state index is -2.04. The second-order valence-corrected chi connectivity index (χ2v) is 6.43. The number of amides is 1. The minimum absolute atomic E-state index is 0.000145. The molecule has 2 N–H and O–H groups in total. The Morgan fingerprint density at radius 3 is 2.29 bits per heavy atom. The summed E-state index contributed by atoms with van der Waals surface area (Å²) in [4.78, 5) is 13.3. The predicted molar refractivity (Wildman–Crippen MR) is 89.3 cm³/mol. The minimum Gasteiger partial charge on any atom is -0.370 e. The number of carbonyl (C=O) groups excluding carboxylic acids is 1. The predicted octanol–water partition coefficient (Wildman–Crippen LogP) is 1.77. The summed E-state index contributed by atoms with van der Waals surface area (Å²) >= 11 is 0. The van der Waals surface area contributed by atoms with Crippen molar-refractivity contribution in [3.05, 3.63) is 70.5 Å². The van der Waals surface area contributed by atoms with Crippen LogP contribution in [0, 0.1) is 29.1 Å². The molecule has 0 unspecified atom stereocenters. The van der Waals surface area contributed by atoms with E-state index in [4.69, 9.17) is 4.74 Å². The first kappa shape index (κ1) is 20.2. The number of rotatable bonds is 5. The largest absolute Gasteiger partial charge is 0.370 e. The van der Waals surface area contributed by atoms with E-state index < -0.39 is 40.6 Å². The van der Waals surface area contributed by atoms with Crippen LogP contribution in [0.1, 0.15) is 22.0 Å². The van der Waals surface area contributed by atoms with Gasteiger partial charge in [0.05, 0.1) is 25.3 Å². The molecule has 2 aromatic carbocycles. The number of nitrogens with one attached hydrogen (secondary N) is 2. The summed E-state index contributed by atoms with van der Waals surface area (Å²) in [6.45, 7) is 2.27. The number of ether oxygens (including phenoxy) is 1. The highest BCUT2D eigenvalue weighted by atomic mass is 19.2. The molecule has 0 spiro atoms. The molecule has 2 aromatic rings. The lowest BCUT2D eigenvalue weighted by molar-refractivity contribution is -0.937. The van der Waals surface area contributed by atoms with Crippen molar-refractivity contribution in [1.82, 2.24) is 5.32 Å². The average Bonchev–Trinajstić information content (AvgIpc) is 2.71. The summed E-state index contributed by atoms with van der Waals surface area (Å²) in [5, 5.41) is 2.43. The number of morpholine rings is 1. The van der Waals surface area contributed by atoms with Gasteiger partial charge in [-0.1, -0.05) is 12.1 Å². The quantitative estimate of drug-likeness (QED) is 0.456. The van der Waals surface area contributed by atoms with E-state index in [0.29, 0.717) is 32.4 Å². The zero-order chi connectivity index (χ0) is 20.3. The maximum Gasteiger partial charge on any atom is 0.254 e. The summed E-state index contributed by atoms with van der Waals surface area (Å²) < 4.78 is 72.2. The molecule has 0 bridgehead atoms. The van der Waals surface area contributed by atoms with Gasteiger partial charge in [0, 0.05) is 5.56 Å². The fraction of sp³-hybridized carbons (Fsp3) is 0.316. The number of hydrogen-bond donors (Lipinski definition) is 2. The van der Waals surface area contributed by atoms with Gasteiger partial charge in [-0.15, -0.1) is 0 Å². The third-order valence-corrected chi connectivity index (χ3v) is 4.71. The molecule has 1 aliphatic rings. The van der Waals surface area contributed by atoms with Gasteiger partial charge in [0.2, 0.25) is 0 Å². The zero-order valence-electron chi connectivity index (χ0n) is 14.7. The summed E-state index contributed by atoms with van der Waals surface area (Å²) in [7, 11) is 0. The Morgan fingerprint density at radius 2 is 1.64 bits per heavy atom. The van der Waals surface area contributed by atoms with Crippen molar-refractivity contribution in [2.75, 3.05) is 32.8 Å². The summed E-state index contributed by atoms with van der Waals surface area (Å²) in [6, 6.07) is 5.73. The van der Waals surface area contributed by atoms with E-state index >= 15 is 0 Å². The van der Waals surface area contributed by atoms with Crippen LogP contribution in [0.3, 0.4) is 0 Å². The highest BCUT2D eigenvalue weighted by molar-refractivity contribution is 5.94. The van der Waals surface area contributed by atoms with Gasteiger partial charge in [0.15, 0.2) is 23.3 Å². The van der Waals surface area contributed by atoms with Crippen LogP contribution in [-0.4, -0.2) is 38.8 Å². The SMILES string of the molecule is O=C(NC[C@@H](c1ccc(F)cc1)[NH+]1CCOCC1)c1cc(F)c(F)c(F)c1F. The van der Waals surface area contributed by atoms with Gasteiger partial charge in [0.1, 0.15) is 24.9 Å². The Morgan fingerprint density at radius 1 is 1.00 bits per heavy atom. The van der Waals surface area contributed by atoms with Crippen LogP contribution >= 0.6 is 0 Å². The molecule has 1 saturated heterocycles. The Kier molecular flexibility index (Phi) is 6.25. The molecule has 4 nitrogen and oxygen atoms in total. The van der Waals surface area contributed by atoms with E-state index in [2.05, 4.69) is 5.32 Å². The standard InChI is InChI=1S/C19H17F5N2O2/c20-12-3-1-11(2-4-12)15(26-5-7-28-8-6-26)10-25-19(27)13-9-14(21)17(23)18(24)16(13)22/h1-4,9,15H,5-8,10H2,(H,25,27)/p+1/t15-/m0/s1. The molecular formula is C19H18F5N2O2+. The van der Waals surface area contributed by atoms with Crippen molar-refractivity contribution < 1.29 is 36.4 Å². The Balaban J connectivity index is 1.80. The van der Waals surface area contributed by atoms with Gasteiger partial charge in [-0.05, 0) is 18.2 Å². The van der Waals surface area contributed by atoms with Crippen molar-refractivity contribution >= 4 is 5.91 Å². The zero-order valence-corrected chi connectivity index (χ0v) is 14.7. The van der Waals surface area contributed by atoms with E-state index in [1.807, 2.05) is 0 Å². The number of hydrogen-bond acceptors (Lipinski definition) is 2. The topological polar surface area (TPSA) is 42.8 Å². The van der Waals surface area contributed by atoms with E-state index in [1.165, 1.54) is 12.1 Å². The number of benzene rings is 2. The number of carbonyl (C=O) groups is 1. The first-order valence-corrected chi connectivity index (χ1v) is 8.67. The summed E-state index contributed by atoms with van der Waals surface area (Å²) in [5.74, 6) is -8.92. The maximum atomic E-state index is 13.8. The average molecular weight is 401 g/mol. The number of quaternary nitrogens is 1. The molecule has 1 amide bonds. The third-order valence-electron chi connectivity index (χ3n) is 4.71. The second kappa shape index (κ2) is 8.66. The molecule has 150 valence electrons. The molecule has 1 fully saturated rings. The highest BCUT2D eigenvalue weighted by Crippen LogP contribution is 2.19. The van der Waals surface area contributed by atoms with E-state index in [-0.39, 0.29) is 12.6 Å². The molecular weight excluding hydrogens is 383 g/mol. The highest BCUT2D eigenvalue weighted by Gasteiger charge is 2.28. The molecule has 1 atom stereocenters. The van der Waals surface area contributed by atoms with Gasteiger partial charge >= 0.3 is 0 Å². The molecule has 1 aliphatic heterocycles. The first-order valence-electron chi connectivity index (χ1n) is 8.67.